The Morgan fingerprint density at radius 2 is 2.04 bits per heavy atom. The average molecular weight is 351 g/mol. The number of nitriles is 1. The fourth-order valence-corrected chi connectivity index (χ4v) is 3.63. The molecule has 128 valence electrons. The monoisotopic (exact) mass is 351 g/mol. The summed E-state index contributed by atoms with van der Waals surface area (Å²) in [6.45, 7) is 3.85. The summed E-state index contributed by atoms with van der Waals surface area (Å²) >= 11 is 1.72. The predicted molar refractivity (Wildman–Crippen MR) is 102 cm³/mol. The zero-order chi connectivity index (χ0) is 17.8. The highest BCUT2D eigenvalue weighted by atomic mass is 32.2. The van der Waals surface area contributed by atoms with Gasteiger partial charge in [-0.15, -0.1) is 11.8 Å². The summed E-state index contributed by atoms with van der Waals surface area (Å²) in [6.07, 6.45) is 2.07. The van der Waals surface area contributed by atoms with Crippen molar-refractivity contribution in [1.29, 1.82) is 5.26 Å². The lowest BCUT2D eigenvalue weighted by atomic mass is 10.1. The summed E-state index contributed by atoms with van der Waals surface area (Å²) in [4.78, 5) is 17.9. The van der Waals surface area contributed by atoms with Gasteiger partial charge in [0.05, 0.1) is 17.8 Å². The van der Waals surface area contributed by atoms with Gasteiger partial charge in [-0.05, 0) is 43.0 Å². The quantitative estimate of drug-likeness (QED) is 0.791. The Hall–Kier alpha value is -2.29. The van der Waals surface area contributed by atoms with E-state index in [0.29, 0.717) is 24.3 Å². The van der Waals surface area contributed by atoms with Gasteiger partial charge in [0.25, 0.3) is 0 Å². The summed E-state index contributed by atoms with van der Waals surface area (Å²) in [7, 11) is 0. The highest BCUT2D eigenvalue weighted by Crippen LogP contribution is 2.25. The fraction of sp³-hybridized carbons (Fsp3) is 0.300. The van der Waals surface area contributed by atoms with Crippen molar-refractivity contribution in [3.63, 3.8) is 0 Å². The lowest BCUT2D eigenvalue weighted by Gasteiger charge is -2.39. The molecule has 1 aliphatic rings. The van der Waals surface area contributed by atoms with Gasteiger partial charge < -0.3 is 4.90 Å². The molecule has 0 saturated carbocycles. The number of hydrogen-bond acceptors (Lipinski definition) is 4. The van der Waals surface area contributed by atoms with E-state index in [9.17, 15) is 10.1 Å². The van der Waals surface area contributed by atoms with Crippen molar-refractivity contribution in [2.75, 3.05) is 24.2 Å². The van der Waals surface area contributed by atoms with E-state index < -0.39 is 0 Å². The number of hydrogen-bond donors (Lipinski definition) is 0. The molecule has 4 nitrogen and oxygen atoms in total. The third-order valence-electron chi connectivity index (χ3n) is 4.54. The smallest absolute Gasteiger partial charge is 0.241 e. The summed E-state index contributed by atoms with van der Waals surface area (Å²) in [6, 6.07) is 18.2. The Labute approximate surface area is 153 Å². The van der Waals surface area contributed by atoms with Crippen LogP contribution in [0.4, 0.5) is 5.69 Å². The maximum absolute atomic E-state index is 12.7. The Morgan fingerprint density at radius 1 is 1.24 bits per heavy atom. The van der Waals surface area contributed by atoms with Gasteiger partial charge >= 0.3 is 0 Å². The zero-order valence-corrected chi connectivity index (χ0v) is 15.3. The molecule has 1 atom stereocenters. The largest absolute Gasteiger partial charge is 0.308 e. The standard InChI is InChI=1S/C20H21N3OS/c1-15-12-23(19-9-4-3-7-17(19)11-21)20(24)14-22(15)13-16-6-5-8-18(10-16)25-2/h3-10,15H,12-14H2,1-2H3. The van der Waals surface area contributed by atoms with Gasteiger partial charge in [0.2, 0.25) is 5.91 Å². The molecule has 0 radical (unpaired) electrons. The van der Waals surface area contributed by atoms with E-state index in [1.54, 1.807) is 22.7 Å². The van der Waals surface area contributed by atoms with Crippen molar-refractivity contribution in [3.05, 3.63) is 59.7 Å². The first-order valence-corrected chi connectivity index (χ1v) is 9.51. The Morgan fingerprint density at radius 3 is 2.80 bits per heavy atom. The highest BCUT2D eigenvalue weighted by Gasteiger charge is 2.31. The number of amides is 1. The van der Waals surface area contributed by atoms with Crippen LogP contribution in [-0.4, -0.2) is 36.2 Å². The maximum atomic E-state index is 12.7. The second kappa shape index (κ2) is 7.73. The van der Waals surface area contributed by atoms with Crippen LogP contribution in [0.25, 0.3) is 0 Å². The number of anilines is 1. The minimum absolute atomic E-state index is 0.0434. The Balaban J connectivity index is 1.76. The first-order valence-electron chi connectivity index (χ1n) is 8.29. The minimum atomic E-state index is 0.0434. The van der Waals surface area contributed by atoms with Crippen LogP contribution in [-0.2, 0) is 11.3 Å². The van der Waals surface area contributed by atoms with E-state index in [4.69, 9.17) is 0 Å². The molecule has 5 heteroatoms. The molecule has 1 heterocycles. The van der Waals surface area contributed by atoms with Crippen LogP contribution in [0.1, 0.15) is 18.1 Å². The van der Waals surface area contributed by atoms with Gasteiger partial charge in [-0.1, -0.05) is 24.3 Å². The first kappa shape index (κ1) is 17.5. The van der Waals surface area contributed by atoms with Gasteiger partial charge in [0.15, 0.2) is 0 Å². The molecule has 0 N–H and O–H groups in total. The van der Waals surface area contributed by atoms with Gasteiger partial charge in [-0.3, -0.25) is 9.69 Å². The molecule has 1 unspecified atom stereocenters. The van der Waals surface area contributed by atoms with Crippen LogP contribution >= 0.6 is 11.8 Å². The van der Waals surface area contributed by atoms with Crippen LogP contribution in [0.5, 0.6) is 0 Å². The second-order valence-corrected chi connectivity index (χ2v) is 7.12. The lowest BCUT2D eigenvalue weighted by molar-refractivity contribution is -0.122. The molecule has 1 amide bonds. The molecule has 1 saturated heterocycles. The van der Waals surface area contributed by atoms with Crippen molar-refractivity contribution in [1.82, 2.24) is 4.90 Å². The first-order chi connectivity index (χ1) is 12.1. The molecule has 0 spiro atoms. The molecule has 0 bridgehead atoms. The SMILES string of the molecule is CSc1cccc(CN2CC(=O)N(c3ccccc3C#N)CC2C)c1. The molecular weight excluding hydrogens is 330 g/mol. The Kier molecular flexibility index (Phi) is 5.42. The lowest BCUT2D eigenvalue weighted by Crippen LogP contribution is -2.55. The van der Waals surface area contributed by atoms with Crippen molar-refractivity contribution in [3.8, 4) is 6.07 Å². The van der Waals surface area contributed by atoms with Crippen LogP contribution < -0.4 is 4.90 Å². The van der Waals surface area contributed by atoms with E-state index in [1.807, 2.05) is 18.2 Å². The molecular formula is C20H21N3OS. The third kappa shape index (κ3) is 3.87. The van der Waals surface area contributed by atoms with Gasteiger partial charge in [0.1, 0.15) is 6.07 Å². The number of para-hydroxylation sites is 1. The van der Waals surface area contributed by atoms with Crippen LogP contribution in [0.2, 0.25) is 0 Å². The zero-order valence-electron chi connectivity index (χ0n) is 14.5. The van der Waals surface area contributed by atoms with E-state index >= 15 is 0 Å². The normalized spacial score (nSPS) is 18.2. The van der Waals surface area contributed by atoms with E-state index in [-0.39, 0.29) is 11.9 Å². The fourth-order valence-electron chi connectivity index (χ4n) is 3.15. The summed E-state index contributed by atoms with van der Waals surface area (Å²) in [5.41, 5.74) is 2.48. The molecule has 0 aliphatic carbocycles. The number of carbonyl (C=O) groups excluding carboxylic acids is 1. The topological polar surface area (TPSA) is 47.3 Å². The Bertz CT molecular complexity index is 815. The maximum Gasteiger partial charge on any atom is 0.241 e. The van der Waals surface area contributed by atoms with Crippen molar-refractivity contribution >= 4 is 23.4 Å². The minimum Gasteiger partial charge on any atom is -0.308 e. The summed E-state index contributed by atoms with van der Waals surface area (Å²) < 4.78 is 0. The molecule has 25 heavy (non-hydrogen) atoms. The summed E-state index contributed by atoms with van der Waals surface area (Å²) in [5.74, 6) is 0.0434. The highest BCUT2D eigenvalue weighted by molar-refractivity contribution is 7.98. The summed E-state index contributed by atoms with van der Waals surface area (Å²) in [5, 5.41) is 9.30. The molecule has 2 aromatic carbocycles. The number of thioether (sulfide) groups is 1. The molecule has 1 fully saturated rings. The van der Waals surface area contributed by atoms with E-state index in [2.05, 4.69) is 48.4 Å². The van der Waals surface area contributed by atoms with Crippen molar-refractivity contribution in [2.45, 2.75) is 24.4 Å². The molecule has 1 aliphatic heterocycles. The van der Waals surface area contributed by atoms with Crippen LogP contribution in [0, 0.1) is 11.3 Å². The van der Waals surface area contributed by atoms with Gasteiger partial charge in [-0.25, -0.2) is 0 Å². The molecule has 0 aromatic heterocycles. The van der Waals surface area contributed by atoms with Crippen LogP contribution in [0.15, 0.2) is 53.4 Å². The van der Waals surface area contributed by atoms with Gasteiger partial charge in [0, 0.05) is 24.0 Å². The number of nitrogens with zero attached hydrogens (tertiary/aromatic N) is 3. The third-order valence-corrected chi connectivity index (χ3v) is 5.27. The number of carbonyl (C=O) groups is 1. The van der Waals surface area contributed by atoms with E-state index in [0.717, 1.165) is 6.54 Å². The number of rotatable bonds is 4. The predicted octanol–water partition coefficient (Wildman–Crippen LogP) is 3.52. The number of piperazine rings is 1. The van der Waals surface area contributed by atoms with Crippen molar-refractivity contribution < 1.29 is 4.79 Å². The molecule has 3 rings (SSSR count). The van der Waals surface area contributed by atoms with E-state index in [1.165, 1.54) is 10.5 Å². The van der Waals surface area contributed by atoms with Crippen molar-refractivity contribution in [2.24, 2.45) is 0 Å². The van der Waals surface area contributed by atoms with Gasteiger partial charge in [-0.2, -0.15) is 5.26 Å². The average Bonchev–Trinajstić information content (AvgIpc) is 2.64. The number of benzene rings is 2. The van der Waals surface area contributed by atoms with Crippen LogP contribution in [0.3, 0.4) is 0 Å². The second-order valence-electron chi connectivity index (χ2n) is 6.24. The molecule has 2 aromatic rings.